The number of hydrogen-bond acceptors (Lipinski definition) is 28. The summed E-state index contributed by atoms with van der Waals surface area (Å²) in [5.74, 6) is -1.30. The molecule has 28 nitrogen and oxygen atoms in total. The number of aliphatic hydroxyl groups excluding tert-OH is 17. The zero-order valence-corrected chi connectivity index (χ0v) is 44.5. The van der Waals surface area contributed by atoms with Crippen LogP contribution in [0.25, 0.3) is 0 Å². The first-order valence-corrected chi connectivity index (χ1v) is 27.6. The van der Waals surface area contributed by atoms with Crippen LogP contribution in [0.3, 0.4) is 0 Å². The zero-order valence-electron chi connectivity index (χ0n) is 44.5. The average molecular weight is 1150 g/mol. The van der Waals surface area contributed by atoms with Crippen LogP contribution in [0.5, 0.6) is 0 Å². The van der Waals surface area contributed by atoms with Gasteiger partial charge in [0.15, 0.2) is 31.3 Å². The second-order valence-electron chi connectivity index (χ2n) is 24.9. The molecule has 0 radical (unpaired) electrons. The molecule has 0 amide bonds. The summed E-state index contributed by atoms with van der Waals surface area (Å²) >= 11 is 0. The van der Waals surface area contributed by atoms with Crippen LogP contribution in [0, 0.1) is 39.4 Å². The lowest BCUT2D eigenvalue weighted by atomic mass is 9.34. The fourth-order valence-electron chi connectivity index (χ4n) is 15.7. The van der Waals surface area contributed by atoms with Crippen LogP contribution in [-0.4, -0.2) is 285 Å². The van der Waals surface area contributed by atoms with Crippen LogP contribution in [0.2, 0.25) is 0 Å². The van der Waals surface area contributed by atoms with Gasteiger partial charge in [0, 0.05) is 0 Å². The minimum Gasteiger partial charge on any atom is -0.432 e. The summed E-state index contributed by atoms with van der Waals surface area (Å²) in [5.41, 5.74) is -2.55. The van der Waals surface area contributed by atoms with Gasteiger partial charge in [0.05, 0.1) is 44.6 Å². The van der Waals surface area contributed by atoms with Crippen LogP contribution in [-0.2, 0) is 52.2 Å². The van der Waals surface area contributed by atoms with E-state index in [2.05, 4.69) is 20.8 Å². The summed E-state index contributed by atoms with van der Waals surface area (Å²) in [6, 6.07) is 0. The fraction of sp³-hybridized carbons (Fsp3) is 0.980. The largest absolute Gasteiger partial charge is 0.432 e. The topological polar surface area (TPSA) is 453 Å². The number of aliphatic hydroxyl groups is 17. The van der Waals surface area contributed by atoms with Gasteiger partial charge in [-0.25, -0.2) is 0 Å². The van der Waals surface area contributed by atoms with Crippen molar-refractivity contribution in [3.05, 3.63) is 0 Å². The van der Waals surface area contributed by atoms with Crippen molar-refractivity contribution < 1.29 is 139 Å². The number of hydrogen-bond donors (Lipinski definition) is 17. The van der Waals surface area contributed by atoms with Crippen molar-refractivity contribution in [2.24, 2.45) is 39.4 Å². The highest BCUT2D eigenvalue weighted by Gasteiger charge is 2.70. The molecule has 5 saturated heterocycles. The minimum absolute atomic E-state index is 0.0179. The van der Waals surface area contributed by atoms with Crippen LogP contribution in [0.15, 0.2) is 0 Å². The zero-order chi connectivity index (χ0) is 57.6. The van der Waals surface area contributed by atoms with Crippen LogP contribution in [0.1, 0.15) is 79.1 Å². The van der Waals surface area contributed by atoms with Crippen molar-refractivity contribution in [2.75, 3.05) is 33.0 Å². The van der Waals surface area contributed by atoms with Gasteiger partial charge in [0.2, 0.25) is 6.29 Å². The van der Waals surface area contributed by atoms with Crippen LogP contribution in [0.4, 0.5) is 0 Å². The van der Waals surface area contributed by atoms with Gasteiger partial charge in [0.1, 0.15) is 116 Å². The molecule has 5 heterocycles. The van der Waals surface area contributed by atoms with Crippen molar-refractivity contribution in [1.29, 1.82) is 0 Å². The molecule has 1 spiro atoms. The van der Waals surface area contributed by atoms with Crippen molar-refractivity contribution in [3.63, 3.8) is 0 Å². The lowest BCUT2D eigenvalue weighted by Crippen LogP contribution is -2.69. The molecule has 10 fully saturated rings. The SMILES string of the molecule is CC1(C)C[C@@]23CC[C@H]4[C@@](C)(CCC[C@@]4(C)C(=O)OC4OC(CO)C(O)C(O)C4OC4OC(CO)C(O)C(O)C4O)[C@@H]2CC1[C@H](OC1OC(CO)C(O)C(OC2OC(CO)C(O)C(O)C2O)C1OC1OC(CO)C(O)C(O)C1O)C3. The highest BCUT2D eigenvalue weighted by Crippen LogP contribution is 2.74. The number of ether oxygens (including phenoxy) is 10. The van der Waals surface area contributed by atoms with E-state index >= 15 is 0 Å². The van der Waals surface area contributed by atoms with E-state index in [1.54, 1.807) is 0 Å². The second-order valence-corrected chi connectivity index (χ2v) is 24.9. The first-order valence-electron chi connectivity index (χ1n) is 27.6. The number of esters is 1. The van der Waals surface area contributed by atoms with E-state index in [1.807, 2.05) is 6.92 Å². The van der Waals surface area contributed by atoms with E-state index in [1.165, 1.54) is 0 Å². The Morgan fingerprint density at radius 1 is 0.456 bits per heavy atom. The molecule has 5 saturated carbocycles. The fourth-order valence-corrected chi connectivity index (χ4v) is 15.7. The van der Waals surface area contributed by atoms with E-state index in [4.69, 9.17) is 47.4 Å². The molecule has 10 aliphatic rings. The second kappa shape index (κ2) is 23.7. The molecule has 0 aromatic carbocycles. The molecule has 0 aromatic heterocycles. The van der Waals surface area contributed by atoms with Gasteiger partial charge in [0.25, 0.3) is 0 Å². The Kier molecular flexibility index (Phi) is 18.6. The molecule has 79 heavy (non-hydrogen) atoms. The molecule has 5 aliphatic heterocycles. The van der Waals surface area contributed by atoms with Crippen LogP contribution >= 0.6 is 0 Å². The molecule has 10 rings (SSSR count). The summed E-state index contributed by atoms with van der Waals surface area (Å²) in [7, 11) is 0. The maximum atomic E-state index is 15.0. The van der Waals surface area contributed by atoms with Crippen LogP contribution < -0.4 is 0 Å². The Hall–Kier alpha value is -1.57. The predicted molar refractivity (Wildman–Crippen MR) is 256 cm³/mol. The molecular weight excluding hydrogens is 1060 g/mol. The molecule has 2 bridgehead atoms. The number of carbonyl (C=O) groups is 1. The molecule has 17 N–H and O–H groups in total. The van der Waals surface area contributed by atoms with Crippen molar-refractivity contribution >= 4 is 5.97 Å². The van der Waals surface area contributed by atoms with Gasteiger partial charge in [-0.1, -0.05) is 27.2 Å². The van der Waals surface area contributed by atoms with Gasteiger partial charge >= 0.3 is 5.97 Å². The Balaban J connectivity index is 0.977. The predicted octanol–water partition coefficient (Wildman–Crippen LogP) is -6.96. The summed E-state index contributed by atoms with van der Waals surface area (Å²) in [6.45, 7) is 4.15. The van der Waals surface area contributed by atoms with E-state index in [0.717, 1.165) is 12.8 Å². The van der Waals surface area contributed by atoms with Gasteiger partial charge in [-0.15, -0.1) is 0 Å². The molecule has 28 heteroatoms. The smallest absolute Gasteiger partial charge is 0.314 e. The maximum Gasteiger partial charge on any atom is 0.314 e. The van der Waals surface area contributed by atoms with Gasteiger partial charge in [-0.2, -0.15) is 0 Å². The molecule has 32 atom stereocenters. The van der Waals surface area contributed by atoms with E-state index in [-0.39, 0.29) is 17.8 Å². The van der Waals surface area contributed by atoms with Gasteiger partial charge < -0.3 is 134 Å². The molecule has 5 aliphatic carbocycles. The number of rotatable bonds is 15. The maximum absolute atomic E-state index is 15.0. The van der Waals surface area contributed by atoms with Crippen molar-refractivity contribution in [2.45, 2.75) is 239 Å². The van der Waals surface area contributed by atoms with Gasteiger partial charge in [-0.3, -0.25) is 4.79 Å². The Bertz CT molecular complexity index is 2060. The highest BCUT2D eigenvalue weighted by atomic mass is 16.8. The summed E-state index contributed by atoms with van der Waals surface area (Å²) in [5, 5.41) is 181. The molecule has 26 unspecified atom stereocenters. The number of fused-ring (bicyclic) bond motifs is 3. The first-order chi connectivity index (χ1) is 37.2. The molecular formula is C51H84O28. The average Bonchev–Trinajstić information content (AvgIpc) is 2.93. The van der Waals surface area contributed by atoms with Crippen molar-refractivity contribution in [3.8, 4) is 0 Å². The Morgan fingerprint density at radius 3 is 1.38 bits per heavy atom. The normalized spacial score (nSPS) is 54.6. The summed E-state index contributed by atoms with van der Waals surface area (Å²) in [4.78, 5) is 15.0. The highest BCUT2D eigenvalue weighted by molar-refractivity contribution is 5.77. The Morgan fingerprint density at radius 2 is 0.886 bits per heavy atom. The first kappa shape index (κ1) is 62.0. The number of carbonyl (C=O) groups excluding carboxylic acids is 1. The van der Waals surface area contributed by atoms with E-state index in [0.29, 0.717) is 38.5 Å². The third-order valence-corrected chi connectivity index (χ3v) is 19.8. The third kappa shape index (κ3) is 10.9. The molecule has 456 valence electrons. The van der Waals surface area contributed by atoms with E-state index in [9.17, 15) is 91.6 Å². The summed E-state index contributed by atoms with van der Waals surface area (Å²) in [6.07, 6.45) is -40.0. The Labute approximate surface area is 455 Å². The lowest BCUT2D eigenvalue weighted by molar-refractivity contribution is -0.401. The van der Waals surface area contributed by atoms with Gasteiger partial charge in [-0.05, 0) is 85.9 Å². The van der Waals surface area contributed by atoms with E-state index < -0.39 is 220 Å². The minimum atomic E-state index is -1.98. The summed E-state index contributed by atoms with van der Waals surface area (Å²) < 4.78 is 60.5. The quantitative estimate of drug-likeness (QED) is 0.0535. The standard InChI is InChI=1S/C51H84O28/c1-48(2)17-51-9-6-25-49(3,7-5-8-50(25,4)47(69)79-45-40(35(65)30(60)23(15-55)74-45)77-43-37(67)33(63)28(58)21(13-53)72-43)26(51)10-18(48)19(11-51)70-46-41(78-44-38(68)34(64)29(59)22(14-54)73-44)39(31(61)24(16-56)75-46)76-42-36(66)32(62)27(57)20(12-52)71-42/h18-46,52-68H,5-17H2,1-4H3/t18?,19-,20?,21?,22?,23?,24?,25+,26+,27?,28?,29?,30?,31?,32?,33?,34?,35?,36?,37?,38?,39?,40?,41?,42?,43?,44?,45?,46?,49-,50-,51+/m1/s1. The third-order valence-electron chi connectivity index (χ3n) is 19.8. The lowest BCUT2D eigenvalue weighted by Gasteiger charge is -2.71. The molecule has 0 aromatic rings. The van der Waals surface area contributed by atoms with Crippen molar-refractivity contribution in [1.82, 2.24) is 0 Å². The monoisotopic (exact) mass is 1140 g/mol.